The Balaban J connectivity index is 1.64. The number of carbonyl (C=O) groups excluding carboxylic acids is 1. The van der Waals surface area contributed by atoms with Gasteiger partial charge in [-0.25, -0.2) is 18.4 Å². The molecule has 1 N–H and O–H groups in total. The Morgan fingerprint density at radius 3 is 2.69 bits per heavy atom. The van der Waals surface area contributed by atoms with Gasteiger partial charge in [-0.2, -0.15) is 0 Å². The van der Waals surface area contributed by atoms with Gasteiger partial charge in [-0.1, -0.05) is 25.1 Å². The van der Waals surface area contributed by atoms with E-state index in [1.54, 1.807) is 34.9 Å². The summed E-state index contributed by atoms with van der Waals surface area (Å²) in [5.74, 6) is 0.00894. The normalized spacial score (nSPS) is 12.8. The molecule has 0 radical (unpaired) electrons. The number of imidazole rings is 1. The van der Waals surface area contributed by atoms with Crippen LogP contribution in [0.1, 0.15) is 31.5 Å². The molecule has 0 aliphatic heterocycles. The second-order valence-electron chi connectivity index (χ2n) is 5.90. The summed E-state index contributed by atoms with van der Waals surface area (Å²) in [6.45, 7) is 1.93. The SMILES string of the molecule is CCC(NC(=O)CCS(=O)(=O)c1ccccc1)c1cn2cccnc2n1. The van der Waals surface area contributed by atoms with Gasteiger partial charge < -0.3 is 5.32 Å². The van der Waals surface area contributed by atoms with E-state index >= 15 is 0 Å². The van der Waals surface area contributed by atoms with Crippen LogP contribution in [0.3, 0.4) is 0 Å². The Morgan fingerprint density at radius 2 is 2.00 bits per heavy atom. The molecule has 1 amide bonds. The van der Waals surface area contributed by atoms with Crippen LogP contribution in [0, 0.1) is 0 Å². The van der Waals surface area contributed by atoms with Crippen molar-refractivity contribution in [2.24, 2.45) is 0 Å². The van der Waals surface area contributed by atoms with Crippen molar-refractivity contribution in [2.45, 2.75) is 30.7 Å². The lowest BCUT2D eigenvalue weighted by Gasteiger charge is -2.14. The van der Waals surface area contributed by atoms with Gasteiger partial charge >= 0.3 is 0 Å². The fourth-order valence-corrected chi connectivity index (χ4v) is 3.90. The number of benzene rings is 1. The zero-order valence-corrected chi connectivity index (χ0v) is 15.2. The largest absolute Gasteiger partial charge is 0.348 e. The minimum Gasteiger partial charge on any atom is -0.348 e. The highest BCUT2D eigenvalue weighted by molar-refractivity contribution is 7.91. The smallest absolute Gasteiger partial charge is 0.233 e. The summed E-state index contributed by atoms with van der Waals surface area (Å²) in [6, 6.07) is 9.66. The summed E-state index contributed by atoms with van der Waals surface area (Å²) in [6.07, 6.45) is 5.85. The number of nitrogens with one attached hydrogen (secondary N) is 1. The van der Waals surface area contributed by atoms with E-state index in [0.717, 1.165) is 0 Å². The van der Waals surface area contributed by atoms with Gasteiger partial charge in [0, 0.05) is 25.0 Å². The fraction of sp³-hybridized carbons (Fsp3) is 0.278. The van der Waals surface area contributed by atoms with Crippen LogP contribution in [0.25, 0.3) is 5.78 Å². The van der Waals surface area contributed by atoms with Gasteiger partial charge in [0.25, 0.3) is 0 Å². The predicted octanol–water partition coefficient (Wildman–Crippen LogP) is 2.16. The van der Waals surface area contributed by atoms with Gasteiger partial charge in [-0.3, -0.25) is 9.20 Å². The molecule has 0 bridgehead atoms. The number of amides is 1. The molecule has 7 nitrogen and oxygen atoms in total. The van der Waals surface area contributed by atoms with Crippen LogP contribution in [-0.4, -0.2) is 34.4 Å². The molecule has 1 atom stereocenters. The van der Waals surface area contributed by atoms with Crippen molar-refractivity contribution in [1.82, 2.24) is 19.7 Å². The van der Waals surface area contributed by atoms with Gasteiger partial charge in [-0.05, 0) is 24.6 Å². The monoisotopic (exact) mass is 372 g/mol. The molecule has 3 rings (SSSR count). The van der Waals surface area contributed by atoms with Crippen LogP contribution >= 0.6 is 0 Å². The van der Waals surface area contributed by atoms with E-state index in [1.165, 1.54) is 12.1 Å². The predicted molar refractivity (Wildman–Crippen MR) is 97.3 cm³/mol. The number of sulfone groups is 1. The topological polar surface area (TPSA) is 93.4 Å². The highest BCUT2D eigenvalue weighted by Crippen LogP contribution is 2.17. The molecule has 0 aliphatic carbocycles. The Bertz CT molecular complexity index is 966. The standard InChI is InChI=1S/C18H20N4O3S/c1-2-15(16-13-22-11-6-10-19-18(22)21-16)20-17(23)9-12-26(24,25)14-7-4-3-5-8-14/h3-8,10-11,13,15H,2,9,12H2,1H3,(H,20,23). The molecule has 1 unspecified atom stereocenters. The third-order valence-electron chi connectivity index (χ3n) is 4.05. The van der Waals surface area contributed by atoms with Crippen molar-refractivity contribution in [3.63, 3.8) is 0 Å². The van der Waals surface area contributed by atoms with Gasteiger partial charge in [0.1, 0.15) is 0 Å². The van der Waals surface area contributed by atoms with Crippen molar-refractivity contribution in [1.29, 1.82) is 0 Å². The first kappa shape index (κ1) is 18.1. The summed E-state index contributed by atoms with van der Waals surface area (Å²) < 4.78 is 26.3. The molecule has 26 heavy (non-hydrogen) atoms. The van der Waals surface area contributed by atoms with Crippen LogP contribution in [-0.2, 0) is 14.6 Å². The average Bonchev–Trinajstić information content (AvgIpc) is 3.09. The molecular weight excluding hydrogens is 352 g/mol. The molecule has 0 saturated heterocycles. The number of hydrogen-bond acceptors (Lipinski definition) is 5. The summed E-state index contributed by atoms with van der Waals surface area (Å²) >= 11 is 0. The zero-order valence-electron chi connectivity index (χ0n) is 14.4. The van der Waals surface area contributed by atoms with E-state index in [2.05, 4.69) is 15.3 Å². The fourth-order valence-electron chi connectivity index (χ4n) is 2.64. The van der Waals surface area contributed by atoms with E-state index in [0.29, 0.717) is 17.9 Å². The first-order valence-electron chi connectivity index (χ1n) is 8.36. The van der Waals surface area contributed by atoms with Crippen LogP contribution in [0.5, 0.6) is 0 Å². The third-order valence-corrected chi connectivity index (χ3v) is 5.79. The number of rotatable bonds is 7. The van der Waals surface area contributed by atoms with E-state index in [-0.39, 0.29) is 29.0 Å². The lowest BCUT2D eigenvalue weighted by molar-refractivity contribution is -0.121. The summed E-state index contributed by atoms with van der Waals surface area (Å²) in [7, 11) is -3.47. The number of nitrogens with zero attached hydrogens (tertiary/aromatic N) is 3. The zero-order chi connectivity index (χ0) is 18.6. The van der Waals surface area contributed by atoms with Gasteiger partial charge in [0.05, 0.1) is 22.4 Å². The number of carbonyl (C=O) groups is 1. The Kier molecular flexibility index (Phi) is 5.32. The van der Waals surface area contributed by atoms with Crippen LogP contribution in [0.4, 0.5) is 0 Å². The molecule has 0 aliphatic rings. The van der Waals surface area contributed by atoms with Gasteiger partial charge in [-0.15, -0.1) is 0 Å². The van der Waals surface area contributed by atoms with Crippen molar-refractivity contribution < 1.29 is 13.2 Å². The molecule has 136 valence electrons. The molecule has 0 spiro atoms. The van der Waals surface area contributed by atoms with Crippen LogP contribution in [0.2, 0.25) is 0 Å². The summed E-state index contributed by atoms with van der Waals surface area (Å²) in [4.78, 5) is 21.1. The summed E-state index contributed by atoms with van der Waals surface area (Å²) in [5, 5.41) is 2.86. The number of fused-ring (bicyclic) bond motifs is 1. The molecule has 2 aromatic heterocycles. The molecular formula is C18H20N4O3S. The third kappa shape index (κ3) is 4.08. The minimum absolute atomic E-state index is 0.0979. The maximum Gasteiger partial charge on any atom is 0.233 e. The molecule has 2 heterocycles. The first-order valence-corrected chi connectivity index (χ1v) is 10.0. The van der Waals surface area contributed by atoms with Gasteiger partial charge in [0.2, 0.25) is 11.7 Å². The van der Waals surface area contributed by atoms with Crippen LogP contribution in [0.15, 0.2) is 59.9 Å². The first-order chi connectivity index (χ1) is 12.5. The quantitative estimate of drug-likeness (QED) is 0.686. The Labute approximate surface area is 152 Å². The van der Waals surface area contributed by atoms with E-state index in [4.69, 9.17) is 0 Å². The maximum absolute atomic E-state index is 12.3. The second kappa shape index (κ2) is 7.65. The Morgan fingerprint density at radius 1 is 1.23 bits per heavy atom. The summed E-state index contributed by atoms with van der Waals surface area (Å²) in [5.41, 5.74) is 0.700. The Hall–Kier alpha value is -2.74. The van der Waals surface area contributed by atoms with E-state index in [1.807, 2.05) is 19.3 Å². The lowest BCUT2D eigenvalue weighted by Crippen LogP contribution is -2.29. The molecule has 3 aromatic rings. The van der Waals surface area contributed by atoms with E-state index in [9.17, 15) is 13.2 Å². The molecule has 0 fully saturated rings. The van der Waals surface area contributed by atoms with E-state index < -0.39 is 9.84 Å². The van der Waals surface area contributed by atoms with Gasteiger partial charge in [0.15, 0.2) is 9.84 Å². The van der Waals surface area contributed by atoms with Crippen molar-refractivity contribution in [3.8, 4) is 0 Å². The van der Waals surface area contributed by atoms with Crippen LogP contribution < -0.4 is 5.32 Å². The molecule has 8 heteroatoms. The average molecular weight is 372 g/mol. The highest BCUT2D eigenvalue weighted by Gasteiger charge is 2.19. The maximum atomic E-state index is 12.3. The van der Waals surface area contributed by atoms with Crippen molar-refractivity contribution in [3.05, 3.63) is 60.7 Å². The molecule has 1 aromatic carbocycles. The number of hydrogen-bond donors (Lipinski definition) is 1. The van der Waals surface area contributed by atoms with Crippen molar-refractivity contribution in [2.75, 3.05) is 5.75 Å². The van der Waals surface area contributed by atoms with Crippen molar-refractivity contribution >= 4 is 21.5 Å². The molecule has 0 saturated carbocycles. The number of aromatic nitrogens is 3. The highest BCUT2D eigenvalue weighted by atomic mass is 32.2. The minimum atomic E-state index is -3.47. The second-order valence-corrected chi connectivity index (χ2v) is 8.01. The lowest BCUT2D eigenvalue weighted by atomic mass is 10.1.